The van der Waals surface area contributed by atoms with Crippen LogP contribution in [0.1, 0.15) is 265 Å². The highest BCUT2D eigenvalue weighted by Crippen LogP contribution is 2.26. The average molecular weight is 979 g/mol. The van der Waals surface area contributed by atoms with Gasteiger partial charge in [0.2, 0.25) is 0 Å². The number of rotatable bonds is 48. The van der Waals surface area contributed by atoms with Gasteiger partial charge in [-0.25, -0.2) is 4.79 Å². The fourth-order valence-electron chi connectivity index (χ4n) is 8.64. The molecule has 12 nitrogen and oxygen atoms in total. The lowest BCUT2D eigenvalue weighted by Gasteiger charge is -2.40. The molecule has 0 aromatic heterocycles. The minimum atomic E-state index is -1.90. The van der Waals surface area contributed by atoms with Gasteiger partial charge in [-0.15, -0.1) is 0 Å². The fraction of sp³-hybridized carbons (Fsp3) is 0.860. The normalized spacial score (nSPS) is 18.8. The number of ether oxygens (including phenoxy) is 5. The van der Waals surface area contributed by atoms with Crippen molar-refractivity contribution >= 4 is 23.9 Å². The number of carboxylic acids is 1. The molecule has 0 bridgehead atoms. The summed E-state index contributed by atoms with van der Waals surface area (Å²) in [5.41, 5.74) is 0. The van der Waals surface area contributed by atoms with Crippen molar-refractivity contribution in [2.24, 2.45) is 0 Å². The molecule has 1 saturated heterocycles. The van der Waals surface area contributed by atoms with Crippen LogP contribution in [0.4, 0.5) is 0 Å². The molecule has 0 spiro atoms. The molecule has 1 rings (SSSR count). The number of carboxylic acid groups (broad SMARTS) is 1. The van der Waals surface area contributed by atoms with Crippen LogP contribution in [0.25, 0.3) is 0 Å². The molecule has 69 heavy (non-hydrogen) atoms. The minimum absolute atomic E-state index is 0.0485. The Labute approximate surface area is 419 Å². The number of aliphatic hydroxyl groups is 2. The zero-order chi connectivity index (χ0) is 50.4. The molecule has 1 aliphatic heterocycles. The number of aliphatic carboxylic acids is 1. The van der Waals surface area contributed by atoms with Crippen molar-refractivity contribution < 1.29 is 58.2 Å². The fourth-order valence-corrected chi connectivity index (χ4v) is 8.64. The number of aliphatic hydroxyl groups excluding tert-OH is 2. The van der Waals surface area contributed by atoms with Gasteiger partial charge in [0, 0.05) is 19.3 Å². The molecule has 0 aliphatic carbocycles. The third kappa shape index (κ3) is 36.7. The quantitative estimate of drug-likeness (QED) is 0.0228. The summed E-state index contributed by atoms with van der Waals surface area (Å²) < 4.78 is 28.3. The van der Waals surface area contributed by atoms with Gasteiger partial charge in [-0.3, -0.25) is 14.4 Å². The summed E-state index contributed by atoms with van der Waals surface area (Å²) in [7, 11) is 0. The van der Waals surface area contributed by atoms with Gasteiger partial charge in [-0.05, 0) is 44.9 Å². The van der Waals surface area contributed by atoms with Crippen LogP contribution in [0.5, 0.6) is 0 Å². The monoisotopic (exact) mass is 979 g/mol. The predicted octanol–water partition coefficient (Wildman–Crippen LogP) is 13.9. The lowest BCUT2D eigenvalue weighted by molar-refractivity contribution is -0.301. The molecule has 3 N–H and O–H groups in total. The summed E-state index contributed by atoms with van der Waals surface area (Å²) in [5.74, 6) is -3.11. The highest BCUT2D eigenvalue weighted by atomic mass is 16.7. The van der Waals surface area contributed by atoms with Crippen molar-refractivity contribution in [3.8, 4) is 0 Å². The number of esters is 3. The summed E-state index contributed by atoms with van der Waals surface area (Å²) in [4.78, 5) is 50.9. The lowest BCUT2D eigenvalue weighted by Crippen LogP contribution is -2.61. The van der Waals surface area contributed by atoms with E-state index in [-0.39, 0.29) is 25.9 Å². The second kappa shape index (κ2) is 46.3. The van der Waals surface area contributed by atoms with Crippen LogP contribution < -0.4 is 0 Å². The summed E-state index contributed by atoms with van der Waals surface area (Å²) in [6.45, 7) is 5.91. The Morgan fingerprint density at radius 1 is 0.478 bits per heavy atom. The number of carbonyl (C=O) groups is 4. The maximum Gasteiger partial charge on any atom is 0.335 e. The molecule has 6 atom stereocenters. The van der Waals surface area contributed by atoms with E-state index in [1.165, 1.54) is 116 Å². The van der Waals surface area contributed by atoms with Crippen LogP contribution in [-0.4, -0.2) is 89.2 Å². The highest BCUT2D eigenvalue weighted by molar-refractivity contribution is 5.74. The largest absolute Gasteiger partial charge is 0.479 e. The SMILES string of the molecule is CCC/C=C\C/C=C\CCCCCCCC(=O)OC1C(OCC(COC(=O)CCCCCCCCCCCCCCCCCCC)OC(=O)CCCCCCCCCCC)OC(C(=O)O)C(O)C1O. The van der Waals surface area contributed by atoms with Crippen LogP contribution in [0, 0.1) is 0 Å². The number of allylic oxidation sites excluding steroid dienone is 4. The topological polar surface area (TPSA) is 175 Å². The Kier molecular flexibility index (Phi) is 43.1. The van der Waals surface area contributed by atoms with Crippen LogP contribution in [-0.2, 0) is 42.9 Å². The van der Waals surface area contributed by atoms with Gasteiger partial charge in [0.25, 0.3) is 0 Å². The van der Waals surface area contributed by atoms with Crippen molar-refractivity contribution in [1.29, 1.82) is 0 Å². The Bertz CT molecular complexity index is 1300. The lowest BCUT2D eigenvalue weighted by atomic mass is 9.98. The maximum absolute atomic E-state index is 13.0. The summed E-state index contributed by atoms with van der Waals surface area (Å²) in [6.07, 6.45) is 38.8. The van der Waals surface area contributed by atoms with Crippen LogP contribution in [0.3, 0.4) is 0 Å². The number of unbranched alkanes of at least 4 members (excludes halogenated alkanes) is 30. The standard InChI is InChI=1S/C57H102O12/c1-4-7-10-13-16-19-21-23-24-25-26-28-29-32-34-37-40-43-49(58)65-46-48(67-50(59)44-41-38-35-31-18-15-12-9-6-3)47-66-57-55(53(62)52(61)54(69-57)56(63)64)68-51(60)45-42-39-36-33-30-27-22-20-17-14-11-8-5-2/h11,14,20,22,48,52-55,57,61-62H,4-10,12-13,15-19,21,23-47H2,1-3H3,(H,63,64)/b14-11-,22-20-. The second-order valence-electron chi connectivity index (χ2n) is 19.6. The molecule has 1 heterocycles. The van der Waals surface area contributed by atoms with E-state index >= 15 is 0 Å². The average Bonchev–Trinajstić information content (AvgIpc) is 3.33. The molecule has 0 radical (unpaired) electrons. The molecule has 12 heteroatoms. The summed E-state index contributed by atoms with van der Waals surface area (Å²) in [5, 5.41) is 31.3. The Hall–Kier alpha value is -2.80. The minimum Gasteiger partial charge on any atom is -0.479 e. The first-order valence-electron chi connectivity index (χ1n) is 28.3. The van der Waals surface area contributed by atoms with Crippen LogP contribution in [0.15, 0.2) is 24.3 Å². The van der Waals surface area contributed by atoms with Gasteiger partial charge in [0.05, 0.1) is 6.61 Å². The molecule has 0 aromatic carbocycles. The van der Waals surface area contributed by atoms with E-state index in [4.69, 9.17) is 23.7 Å². The van der Waals surface area contributed by atoms with Crippen LogP contribution in [0.2, 0.25) is 0 Å². The van der Waals surface area contributed by atoms with Gasteiger partial charge in [0.15, 0.2) is 24.6 Å². The first-order valence-corrected chi connectivity index (χ1v) is 28.3. The second-order valence-corrected chi connectivity index (χ2v) is 19.6. The number of hydrogen-bond acceptors (Lipinski definition) is 11. The van der Waals surface area contributed by atoms with Crippen molar-refractivity contribution in [2.75, 3.05) is 13.2 Å². The predicted molar refractivity (Wildman–Crippen MR) is 276 cm³/mol. The Balaban J connectivity index is 2.65. The number of hydrogen-bond donors (Lipinski definition) is 3. The molecule has 1 aliphatic rings. The third-order valence-electron chi connectivity index (χ3n) is 13.0. The van der Waals surface area contributed by atoms with Gasteiger partial charge in [-0.1, -0.05) is 225 Å². The van der Waals surface area contributed by atoms with Crippen molar-refractivity contribution in [1.82, 2.24) is 0 Å². The molecule has 402 valence electrons. The molecule has 6 unspecified atom stereocenters. The summed E-state index contributed by atoms with van der Waals surface area (Å²) in [6, 6.07) is 0. The first kappa shape index (κ1) is 64.2. The van der Waals surface area contributed by atoms with Crippen molar-refractivity contribution in [3.05, 3.63) is 24.3 Å². The Morgan fingerprint density at radius 2 is 0.899 bits per heavy atom. The molecule has 0 aromatic rings. The van der Waals surface area contributed by atoms with Crippen LogP contribution >= 0.6 is 0 Å². The number of carbonyl (C=O) groups excluding carboxylic acids is 3. The smallest absolute Gasteiger partial charge is 0.335 e. The van der Waals surface area contributed by atoms with Gasteiger partial charge in [0.1, 0.15) is 18.8 Å². The molecule has 0 saturated carbocycles. The van der Waals surface area contributed by atoms with Gasteiger partial charge < -0.3 is 39.0 Å². The third-order valence-corrected chi connectivity index (χ3v) is 13.0. The zero-order valence-corrected chi connectivity index (χ0v) is 44.1. The zero-order valence-electron chi connectivity index (χ0n) is 44.1. The maximum atomic E-state index is 13.0. The van der Waals surface area contributed by atoms with Crippen molar-refractivity contribution in [3.63, 3.8) is 0 Å². The molecular formula is C57H102O12. The van der Waals surface area contributed by atoms with Gasteiger partial charge >= 0.3 is 23.9 Å². The van der Waals surface area contributed by atoms with E-state index in [9.17, 15) is 34.5 Å². The van der Waals surface area contributed by atoms with E-state index in [0.717, 1.165) is 89.9 Å². The van der Waals surface area contributed by atoms with E-state index in [2.05, 4.69) is 45.1 Å². The first-order chi connectivity index (χ1) is 33.6. The molecule has 1 fully saturated rings. The molecular weight excluding hydrogens is 877 g/mol. The van der Waals surface area contributed by atoms with Crippen molar-refractivity contribution in [2.45, 2.75) is 302 Å². The van der Waals surface area contributed by atoms with E-state index in [0.29, 0.717) is 19.3 Å². The summed E-state index contributed by atoms with van der Waals surface area (Å²) >= 11 is 0. The van der Waals surface area contributed by atoms with E-state index in [1.807, 2.05) is 0 Å². The highest BCUT2D eigenvalue weighted by Gasteiger charge is 2.50. The van der Waals surface area contributed by atoms with E-state index < -0.39 is 67.3 Å². The van der Waals surface area contributed by atoms with E-state index in [1.54, 1.807) is 0 Å². The Morgan fingerprint density at radius 3 is 1.36 bits per heavy atom. The molecule has 0 amide bonds. The van der Waals surface area contributed by atoms with Gasteiger partial charge in [-0.2, -0.15) is 0 Å².